The van der Waals surface area contributed by atoms with Crippen molar-refractivity contribution in [3.05, 3.63) is 16.1 Å². The monoisotopic (exact) mass is 292 g/mol. The van der Waals surface area contributed by atoms with Gasteiger partial charge in [0.25, 0.3) is 0 Å². The zero-order valence-electron chi connectivity index (χ0n) is 7.33. The van der Waals surface area contributed by atoms with Crippen LogP contribution in [0.5, 0.6) is 0 Å². The Kier molecular flexibility index (Phi) is 4.99. The molecule has 0 aliphatic rings. The first-order valence-corrected chi connectivity index (χ1v) is 5.32. The topological polar surface area (TPSA) is 63.8 Å². The number of unbranched alkanes of at least 4 members (excludes halogenated alkanes) is 1. The second kappa shape index (κ2) is 6.09. The van der Waals surface area contributed by atoms with Crippen LogP contribution < -0.4 is 11.1 Å². The molecule has 0 fully saturated rings. The second-order valence-corrected chi connectivity index (χ2v) is 3.80. The first-order chi connectivity index (χ1) is 6.34. The Morgan fingerprint density at radius 3 is 3.00 bits per heavy atom. The van der Waals surface area contributed by atoms with Crippen LogP contribution in [0, 0.1) is 3.57 Å². The molecule has 5 heteroatoms. The van der Waals surface area contributed by atoms with Gasteiger partial charge in [0, 0.05) is 12.7 Å². The largest absolute Gasteiger partial charge is 0.369 e. The lowest BCUT2D eigenvalue weighted by molar-refractivity contribution is 0.771. The molecule has 0 aliphatic heterocycles. The Balaban J connectivity index is 2.32. The fourth-order valence-electron chi connectivity index (χ4n) is 0.919. The minimum atomic E-state index is 0.753. The average molecular weight is 292 g/mol. The van der Waals surface area contributed by atoms with Crippen molar-refractivity contribution in [2.24, 2.45) is 5.73 Å². The van der Waals surface area contributed by atoms with E-state index in [1.54, 1.807) is 12.5 Å². The SMILES string of the molecule is NCCCCNc1ncncc1I. The minimum absolute atomic E-state index is 0.753. The Morgan fingerprint density at radius 2 is 2.31 bits per heavy atom. The van der Waals surface area contributed by atoms with Crippen molar-refractivity contribution < 1.29 is 0 Å². The maximum absolute atomic E-state index is 5.38. The molecule has 13 heavy (non-hydrogen) atoms. The molecule has 0 bridgehead atoms. The van der Waals surface area contributed by atoms with Gasteiger partial charge in [0.05, 0.1) is 3.57 Å². The van der Waals surface area contributed by atoms with Crippen molar-refractivity contribution in [1.82, 2.24) is 9.97 Å². The summed E-state index contributed by atoms with van der Waals surface area (Å²) in [7, 11) is 0. The summed E-state index contributed by atoms with van der Waals surface area (Å²) in [5, 5.41) is 3.23. The van der Waals surface area contributed by atoms with E-state index in [0.717, 1.165) is 35.3 Å². The number of hydrogen-bond donors (Lipinski definition) is 2. The average Bonchev–Trinajstić information content (AvgIpc) is 2.15. The lowest BCUT2D eigenvalue weighted by Gasteiger charge is -2.05. The van der Waals surface area contributed by atoms with Gasteiger partial charge in [-0.2, -0.15) is 0 Å². The van der Waals surface area contributed by atoms with Crippen molar-refractivity contribution in [3.63, 3.8) is 0 Å². The van der Waals surface area contributed by atoms with Gasteiger partial charge in [0.1, 0.15) is 12.1 Å². The number of halogens is 1. The number of nitrogens with two attached hydrogens (primary N) is 1. The lowest BCUT2D eigenvalue weighted by atomic mass is 10.3. The van der Waals surface area contributed by atoms with Gasteiger partial charge in [0.15, 0.2) is 0 Å². The molecule has 0 aliphatic carbocycles. The molecule has 0 saturated heterocycles. The molecule has 0 amide bonds. The van der Waals surface area contributed by atoms with Crippen molar-refractivity contribution in [3.8, 4) is 0 Å². The normalized spacial score (nSPS) is 10.0. The molecule has 0 spiro atoms. The van der Waals surface area contributed by atoms with Crippen molar-refractivity contribution in [2.75, 3.05) is 18.4 Å². The van der Waals surface area contributed by atoms with Crippen LogP contribution in [-0.4, -0.2) is 23.1 Å². The predicted octanol–water partition coefficient (Wildman–Crippen LogP) is 1.23. The van der Waals surface area contributed by atoms with E-state index in [0.29, 0.717) is 0 Å². The Labute approximate surface area is 91.5 Å². The van der Waals surface area contributed by atoms with Crippen LogP contribution in [0.3, 0.4) is 0 Å². The van der Waals surface area contributed by atoms with Crippen LogP contribution in [0.25, 0.3) is 0 Å². The molecule has 4 nitrogen and oxygen atoms in total. The van der Waals surface area contributed by atoms with E-state index >= 15 is 0 Å². The van der Waals surface area contributed by atoms with Crippen molar-refractivity contribution in [2.45, 2.75) is 12.8 Å². The van der Waals surface area contributed by atoms with Gasteiger partial charge in [-0.15, -0.1) is 0 Å². The first kappa shape index (κ1) is 10.6. The molecular weight excluding hydrogens is 279 g/mol. The van der Waals surface area contributed by atoms with Gasteiger partial charge in [-0.05, 0) is 42.0 Å². The molecule has 0 aromatic carbocycles. The third-order valence-corrected chi connectivity index (χ3v) is 2.38. The molecule has 1 heterocycles. The fourth-order valence-corrected chi connectivity index (χ4v) is 1.41. The maximum Gasteiger partial charge on any atom is 0.142 e. The number of hydrogen-bond acceptors (Lipinski definition) is 4. The molecule has 3 N–H and O–H groups in total. The highest BCUT2D eigenvalue weighted by Gasteiger charge is 1.97. The molecule has 1 rings (SSSR count). The zero-order valence-corrected chi connectivity index (χ0v) is 9.49. The van der Waals surface area contributed by atoms with E-state index < -0.39 is 0 Å². The van der Waals surface area contributed by atoms with E-state index in [4.69, 9.17) is 5.73 Å². The summed E-state index contributed by atoms with van der Waals surface area (Å²) in [5.41, 5.74) is 5.38. The highest BCUT2D eigenvalue weighted by molar-refractivity contribution is 14.1. The number of nitrogens with one attached hydrogen (secondary N) is 1. The minimum Gasteiger partial charge on any atom is -0.369 e. The van der Waals surface area contributed by atoms with Crippen molar-refractivity contribution in [1.29, 1.82) is 0 Å². The smallest absolute Gasteiger partial charge is 0.142 e. The molecule has 1 aromatic rings. The number of aromatic nitrogens is 2. The molecule has 0 atom stereocenters. The van der Waals surface area contributed by atoms with E-state index in [2.05, 4.69) is 37.9 Å². The number of anilines is 1. The quantitative estimate of drug-likeness (QED) is 0.633. The van der Waals surface area contributed by atoms with Crippen LogP contribution in [0.4, 0.5) is 5.82 Å². The molecule has 72 valence electrons. The highest BCUT2D eigenvalue weighted by atomic mass is 127. The third kappa shape index (κ3) is 3.86. The van der Waals surface area contributed by atoms with Gasteiger partial charge < -0.3 is 11.1 Å². The van der Waals surface area contributed by atoms with Crippen LogP contribution in [0.15, 0.2) is 12.5 Å². The fraction of sp³-hybridized carbons (Fsp3) is 0.500. The van der Waals surface area contributed by atoms with Gasteiger partial charge in [-0.1, -0.05) is 0 Å². The predicted molar refractivity (Wildman–Crippen MR) is 61.5 cm³/mol. The second-order valence-electron chi connectivity index (χ2n) is 2.64. The summed E-state index contributed by atoms with van der Waals surface area (Å²) >= 11 is 2.21. The van der Waals surface area contributed by atoms with E-state index in [-0.39, 0.29) is 0 Å². The molecule has 1 aromatic heterocycles. The highest BCUT2D eigenvalue weighted by Crippen LogP contribution is 2.11. The zero-order chi connectivity index (χ0) is 9.52. The molecule has 0 saturated carbocycles. The van der Waals surface area contributed by atoms with Gasteiger partial charge >= 0.3 is 0 Å². The summed E-state index contributed by atoms with van der Waals surface area (Å²) < 4.78 is 1.05. The Hall–Kier alpha value is -0.430. The summed E-state index contributed by atoms with van der Waals surface area (Å²) in [6.45, 7) is 1.67. The van der Waals surface area contributed by atoms with E-state index in [9.17, 15) is 0 Å². The summed E-state index contributed by atoms with van der Waals surface area (Å²) in [6, 6.07) is 0. The van der Waals surface area contributed by atoms with Gasteiger partial charge in [-0.25, -0.2) is 9.97 Å². The Morgan fingerprint density at radius 1 is 1.46 bits per heavy atom. The van der Waals surface area contributed by atoms with Crippen molar-refractivity contribution >= 4 is 28.4 Å². The van der Waals surface area contributed by atoms with E-state index in [1.165, 1.54) is 0 Å². The van der Waals surface area contributed by atoms with Gasteiger partial charge in [0.2, 0.25) is 0 Å². The third-order valence-electron chi connectivity index (χ3n) is 1.59. The Bertz CT molecular complexity index is 254. The standard InChI is InChI=1S/C8H13IN4/c9-7-5-11-6-13-8(7)12-4-2-1-3-10/h5-6H,1-4,10H2,(H,11,12,13). The van der Waals surface area contributed by atoms with Crippen LogP contribution in [-0.2, 0) is 0 Å². The van der Waals surface area contributed by atoms with E-state index in [1.807, 2.05) is 0 Å². The summed E-state index contributed by atoms with van der Waals surface area (Å²) in [5.74, 6) is 0.910. The molecule has 0 radical (unpaired) electrons. The molecular formula is C8H13IN4. The first-order valence-electron chi connectivity index (χ1n) is 4.24. The summed E-state index contributed by atoms with van der Waals surface area (Å²) in [6.07, 6.45) is 5.47. The van der Waals surface area contributed by atoms with Gasteiger partial charge in [-0.3, -0.25) is 0 Å². The van der Waals surface area contributed by atoms with Crippen LogP contribution in [0.2, 0.25) is 0 Å². The number of nitrogens with zero attached hydrogens (tertiary/aromatic N) is 2. The van der Waals surface area contributed by atoms with Crippen LogP contribution in [0.1, 0.15) is 12.8 Å². The van der Waals surface area contributed by atoms with Crippen LogP contribution >= 0.6 is 22.6 Å². The lowest BCUT2D eigenvalue weighted by Crippen LogP contribution is -2.07. The maximum atomic E-state index is 5.38. The summed E-state index contributed by atoms with van der Waals surface area (Å²) in [4.78, 5) is 8.03. The number of rotatable bonds is 5. The molecule has 0 unspecified atom stereocenters.